The molecule has 0 spiro atoms. The fraction of sp³-hybridized carbons (Fsp3) is 0.667. The smallest absolute Gasteiger partial charge is 0.296 e. The molecule has 0 aliphatic heterocycles. The second-order valence-corrected chi connectivity index (χ2v) is 2.60. The number of nitrogen functional groups attached to an aromatic ring is 1. The van der Waals surface area contributed by atoms with Crippen molar-refractivity contribution in [2.24, 2.45) is 7.05 Å². The van der Waals surface area contributed by atoms with E-state index < -0.39 is 0 Å². The summed E-state index contributed by atoms with van der Waals surface area (Å²) in [7, 11) is 1.81. The van der Waals surface area contributed by atoms with Gasteiger partial charge in [0.15, 0.2) is 7.05 Å². The fourth-order valence-electron chi connectivity index (χ4n) is 1.01. The van der Waals surface area contributed by atoms with Crippen molar-refractivity contribution >= 4 is 5.88 Å². The number of nitrogens with two attached hydrogens (primary N) is 1. The van der Waals surface area contributed by atoms with Gasteiger partial charge in [-0.1, -0.05) is 18.5 Å². The summed E-state index contributed by atoms with van der Waals surface area (Å²) in [5, 5.41) is 3.65. The molecule has 1 aromatic heterocycles. The van der Waals surface area contributed by atoms with E-state index in [0.29, 0.717) is 11.8 Å². The van der Waals surface area contributed by atoms with E-state index >= 15 is 0 Å². The zero-order valence-corrected chi connectivity index (χ0v) is 6.46. The van der Waals surface area contributed by atoms with Crippen LogP contribution >= 0.6 is 0 Å². The summed E-state index contributed by atoms with van der Waals surface area (Å²) in [6.45, 7) is 4.09. The molecule has 0 aromatic carbocycles. The molecule has 0 saturated heterocycles. The first-order valence-corrected chi connectivity index (χ1v) is 3.24. The summed E-state index contributed by atoms with van der Waals surface area (Å²) in [4.78, 5) is 0. The van der Waals surface area contributed by atoms with Crippen molar-refractivity contribution in [3.8, 4) is 0 Å². The highest BCUT2D eigenvalue weighted by Crippen LogP contribution is 2.15. The highest BCUT2D eigenvalue weighted by atomic mass is 16.5. The average molecular weight is 142 g/mol. The Morgan fingerprint density at radius 3 is 2.40 bits per heavy atom. The predicted molar refractivity (Wildman–Crippen MR) is 36.2 cm³/mol. The van der Waals surface area contributed by atoms with Gasteiger partial charge in [0.05, 0.1) is 0 Å². The molecule has 1 heterocycles. The number of rotatable bonds is 1. The fourth-order valence-corrected chi connectivity index (χ4v) is 1.01. The van der Waals surface area contributed by atoms with Crippen LogP contribution in [0.2, 0.25) is 0 Å². The summed E-state index contributed by atoms with van der Waals surface area (Å²) in [5.74, 6) is 0.772. The molecule has 0 aliphatic rings. The van der Waals surface area contributed by atoms with E-state index in [1.54, 1.807) is 4.68 Å². The van der Waals surface area contributed by atoms with Gasteiger partial charge >= 0.3 is 0 Å². The Morgan fingerprint density at radius 2 is 2.20 bits per heavy atom. The Balaban J connectivity index is 3.10. The number of aryl methyl sites for hydroxylation is 1. The molecule has 0 unspecified atom stereocenters. The number of hydrogen-bond acceptors (Lipinski definition) is 3. The van der Waals surface area contributed by atoms with E-state index in [9.17, 15) is 0 Å². The summed E-state index contributed by atoms with van der Waals surface area (Å²) in [5.41, 5.74) is 6.44. The summed E-state index contributed by atoms with van der Waals surface area (Å²) in [6, 6.07) is 0. The lowest BCUT2D eigenvalue weighted by molar-refractivity contribution is -0.746. The molecule has 1 aromatic rings. The van der Waals surface area contributed by atoms with Gasteiger partial charge in [-0.2, -0.15) is 0 Å². The molecule has 2 N–H and O–H groups in total. The first-order chi connectivity index (χ1) is 4.63. The second-order valence-electron chi connectivity index (χ2n) is 2.60. The minimum Gasteiger partial charge on any atom is -0.362 e. The Kier molecular flexibility index (Phi) is 1.61. The molecule has 10 heavy (non-hydrogen) atoms. The van der Waals surface area contributed by atoms with E-state index in [0.717, 1.165) is 5.69 Å². The monoisotopic (exact) mass is 142 g/mol. The molecule has 0 bridgehead atoms. The normalized spacial score (nSPS) is 10.8. The lowest BCUT2D eigenvalue weighted by Gasteiger charge is -1.92. The van der Waals surface area contributed by atoms with Crippen molar-refractivity contribution < 1.29 is 9.20 Å². The van der Waals surface area contributed by atoms with Gasteiger partial charge in [0.2, 0.25) is 5.27 Å². The van der Waals surface area contributed by atoms with Crippen LogP contribution in [0.3, 0.4) is 0 Å². The van der Waals surface area contributed by atoms with Crippen molar-refractivity contribution in [3.63, 3.8) is 0 Å². The molecular weight excluding hydrogens is 130 g/mol. The number of aromatic nitrogens is 2. The van der Waals surface area contributed by atoms with Crippen LogP contribution < -0.4 is 10.4 Å². The summed E-state index contributed by atoms with van der Waals surface area (Å²) < 4.78 is 6.40. The first-order valence-electron chi connectivity index (χ1n) is 3.24. The third-order valence-electron chi connectivity index (χ3n) is 1.41. The largest absolute Gasteiger partial charge is 0.362 e. The van der Waals surface area contributed by atoms with Gasteiger partial charge < -0.3 is 5.73 Å². The van der Waals surface area contributed by atoms with Crippen LogP contribution in [0.25, 0.3) is 0 Å². The molecule has 0 aliphatic carbocycles. The van der Waals surface area contributed by atoms with E-state index in [-0.39, 0.29) is 0 Å². The van der Waals surface area contributed by atoms with Crippen LogP contribution in [0.4, 0.5) is 5.88 Å². The van der Waals surface area contributed by atoms with Gasteiger partial charge in [-0.25, -0.2) is 0 Å². The van der Waals surface area contributed by atoms with Gasteiger partial charge in [-0.3, -0.25) is 4.52 Å². The highest BCUT2D eigenvalue weighted by molar-refractivity contribution is 5.27. The maximum absolute atomic E-state index is 5.49. The van der Waals surface area contributed by atoms with Crippen molar-refractivity contribution in [2.75, 3.05) is 5.73 Å². The lowest BCUT2D eigenvalue weighted by atomic mass is 10.1. The number of nitrogens with zero attached hydrogens (tertiary/aromatic N) is 2. The third-order valence-corrected chi connectivity index (χ3v) is 1.41. The number of hydrogen-bond donors (Lipinski definition) is 1. The standard InChI is InChI=1S/C6H12N3O/c1-4(2)5-6(7)10-8-9(5)3/h4H,7H2,1-3H3/q+1. The molecular formula is C6H12N3O+. The van der Waals surface area contributed by atoms with Crippen LogP contribution in [0.15, 0.2) is 4.52 Å². The lowest BCUT2D eigenvalue weighted by Crippen LogP contribution is -2.34. The quantitative estimate of drug-likeness (QED) is 0.570. The Hall–Kier alpha value is -1.06. The van der Waals surface area contributed by atoms with E-state index in [4.69, 9.17) is 10.3 Å². The molecule has 56 valence electrons. The van der Waals surface area contributed by atoms with Crippen LogP contribution in [0.5, 0.6) is 0 Å². The van der Waals surface area contributed by atoms with Gasteiger partial charge in [-0.05, 0) is 0 Å². The van der Waals surface area contributed by atoms with E-state index in [2.05, 4.69) is 5.27 Å². The Bertz CT molecular complexity index is 209. The minimum atomic E-state index is 0.358. The van der Waals surface area contributed by atoms with Crippen LogP contribution in [0.1, 0.15) is 25.5 Å². The zero-order chi connectivity index (χ0) is 7.72. The average Bonchev–Trinajstić information content (AvgIpc) is 2.11. The molecule has 0 radical (unpaired) electrons. The van der Waals surface area contributed by atoms with Gasteiger partial charge in [0, 0.05) is 5.92 Å². The van der Waals surface area contributed by atoms with Gasteiger partial charge in [-0.15, -0.1) is 0 Å². The van der Waals surface area contributed by atoms with E-state index in [1.165, 1.54) is 0 Å². The van der Waals surface area contributed by atoms with Crippen molar-refractivity contribution in [3.05, 3.63) is 5.69 Å². The molecule has 4 nitrogen and oxygen atoms in total. The van der Waals surface area contributed by atoms with Gasteiger partial charge in [0.25, 0.3) is 11.6 Å². The van der Waals surface area contributed by atoms with Gasteiger partial charge in [0.1, 0.15) is 0 Å². The Labute approximate surface area is 59.6 Å². The zero-order valence-electron chi connectivity index (χ0n) is 6.46. The molecule has 0 amide bonds. The highest BCUT2D eigenvalue weighted by Gasteiger charge is 2.21. The SMILES string of the molecule is CC(C)c1c(N)on[n+]1C. The van der Waals surface area contributed by atoms with Crippen LogP contribution in [-0.2, 0) is 7.05 Å². The third kappa shape index (κ3) is 0.964. The Morgan fingerprint density at radius 1 is 1.60 bits per heavy atom. The molecule has 0 saturated carbocycles. The maximum Gasteiger partial charge on any atom is 0.296 e. The van der Waals surface area contributed by atoms with Crippen LogP contribution in [-0.4, -0.2) is 5.27 Å². The summed E-state index contributed by atoms with van der Waals surface area (Å²) in [6.07, 6.45) is 0. The summed E-state index contributed by atoms with van der Waals surface area (Å²) >= 11 is 0. The second kappa shape index (κ2) is 2.28. The van der Waals surface area contributed by atoms with Crippen molar-refractivity contribution in [1.29, 1.82) is 0 Å². The topological polar surface area (TPSA) is 55.9 Å². The molecule has 0 fully saturated rings. The first kappa shape index (κ1) is 7.05. The van der Waals surface area contributed by atoms with Crippen molar-refractivity contribution in [1.82, 2.24) is 5.27 Å². The van der Waals surface area contributed by atoms with Crippen molar-refractivity contribution in [2.45, 2.75) is 19.8 Å². The maximum atomic E-state index is 5.49. The minimum absolute atomic E-state index is 0.358. The molecule has 0 atom stereocenters. The van der Waals surface area contributed by atoms with Crippen LogP contribution in [0, 0.1) is 0 Å². The molecule has 1 rings (SSSR count). The van der Waals surface area contributed by atoms with E-state index in [1.807, 2.05) is 20.9 Å². The molecule has 4 heteroatoms. The number of anilines is 1. The predicted octanol–water partition coefficient (Wildman–Crippen LogP) is 0.205.